The zero-order chi connectivity index (χ0) is 17.5. The van der Waals surface area contributed by atoms with Crippen molar-refractivity contribution in [3.05, 3.63) is 29.8 Å². The normalized spacial score (nSPS) is 20.1. The van der Waals surface area contributed by atoms with Crippen molar-refractivity contribution in [2.45, 2.75) is 32.2 Å². The summed E-state index contributed by atoms with van der Waals surface area (Å²) in [6, 6.07) is 8.39. The predicted octanol–water partition coefficient (Wildman–Crippen LogP) is 1.86. The van der Waals surface area contributed by atoms with Gasteiger partial charge in [-0.3, -0.25) is 20.0 Å². The van der Waals surface area contributed by atoms with Gasteiger partial charge in [0.05, 0.1) is 13.2 Å². The van der Waals surface area contributed by atoms with Crippen molar-refractivity contribution in [3.63, 3.8) is 0 Å². The first-order valence-corrected chi connectivity index (χ1v) is 9.20. The number of nitrogens with zero attached hydrogens (tertiary/aromatic N) is 3. The van der Waals surface area contributed by atoms with Crippen LogP contribution >= 0.6 is 0 Å². The average molecular weight is 344 g/mol. The average Bonchev–Trinajstić information content (AvgIpc) is 2.93. The van der Waals surface area contributed by atoms with Crippen molar-refractivity contribution in [3.8, 4) is 5.75 Å². The van der Waals surface area contributed by atoms with Gasteiger partial charge in [-0.2, -0.15) is 0 Å². The molecule has 2 aliphatic heterocycles. The lowest BCUT2D eigenvalue weighted by Crippen LogP contribution is -2.29. The number of likely N-dealkylation sites (N-methyl/N-ethyl adjacent to an activating group) is 1. The standard InChI is InChI=1S/C19H28N4O2/c1-22-15-18(24)21-19(22)20-9-6-12-25-17-8-5-7-16(13-17)14-23-10-3-2-4-11-23/h5,7-8,13H,2-4,6,9-12,14-15H2,1H3,(H,20,21,24). The summed E-state index contributed by atoms with van der Waals surface area (Å²) in [4.78, 5) is 20.0. The van der Waals surface area contributed by atoms with Crippen molar-refractivity contribution >= 4 is 11.9 Å². The van der Waals surface area contributed by atoms with E-state index in [0.717, 1.165) is 18.7 Å². The van der Waals surface area contributed by atoms with E-state index in [2.05, 4.69) is 33.4 Å². The molecule has 0 bridgehead atoms. The van der Waals surface area contributed by atoms with Crippen molar-refractivity contribution in [1.82, 2.24) is 15.1 Å². The summed E-state index contributed by atoms with van der Waals surface area (Å²) in [7, 11) is 1.86. The number of carbonyl (C=O) groups excluding carboxylic acids is 1. The highest BCUT2D eigenvalue weighted by Crippen LogP contribution is 2.17. The van der Waals surface area contributed by atoms with Gasteiger partial charge in [0.1, 0.15) is 5.75 Å². The maximum absolute atomic E-state index is 11.3. The topological polar surface area (TPSA) is 57.2 Å². The van der Waals surface area contributed by atoms with Crippen molar-refractivity contribution in [2.24, 2.45) is 4.99 Å². The van der Waals surface area contributed by atoms with Gasteiger partial charge in [0.15, 0.2) is 0 Å². The van der Waals surface area contributed by atoms with Gasteiger partial charge in [-0.15, -0.1) is 0 Å². The number of aliphatic imine (C=N–C) groups is 1. The highest BCUT2D eigenvalue weighted by molar-refractivity contribution is 6.04. The monoisotopic (exact) mass is 344 g/mol. The fourth-order valence-electron chi connectivity index (χ4n) is 3.26. The van der Waals surface area contributed by atoms with Crippen molar-refractivity contribution in [2.75, 3.05) is 39.8 Å². The Morgan fingerprint density at radius 2 is 2.08 bits per heavy atom. The molecule has 0 saturated carbocycles. The summed E-state index contributed by atoms with van der Waals surface area (Å²) in [5, 5.41) is 2.75. The molecule has 2 saturated heterocycles. The first kappa shape index (κ1) is 17.7. The van der Waals surface area contributed by atoms with Crippen LogP contribution in [0.15, 0.2) is 29.3 Å². The molecule has 25 heavy (non-hydrogen) atoms. The van der Waals surface area contributed by atoms with Crippen LogP contribution in [0.1, 0.15) is 31.2 Å². The Labute approximate surface area is 149 Å². The van der Waals surface area contributed by atoms with E-state index < -0.39 is 0 Å². The zero-order valence-corrected chi connectivity index (χ0v) is 15.0. The lowest BCUT2D eigenvalue weighted by atomic mass is 10.1. The molecule has 0 aromatic heterocycles. The smallest absolute Gasteiger partial charge is 0.246 e. The number of amides is 1. The largest absolute Gasteiger partial charge is 0.494 e. The number of benzene rings is 1. The van der Waals surface area contributed by atoms with Crippen LogP contribution in [-0.2, 0) is 11.3 Å². The molecule has 0 spiro atoms. The second-order valence-corrected chi connectivity index (χ2v) is 6.80. The molecule has 0 radical (unpaired) electrons. The number of guanidine groups is 1. The Balaban J connectivity index is 1.40. The summed E-state index contributed by atoms with van der Waals surface area (Å²) in [5.41, 5.74) is 1.31. The van der Waals surface area contributed by atoms with E-state index >= 15 is 0 Å². The van der Waals surface area contributed by atoms with Gasteiger partial charge < -0.3 is 9.64 Å². The summed E-state index contributed by atoms with van der Waals surface area (Å²) in [6.07, 6.45) is 4.82. The van der Waals surface area contributed by atoms with Crippen LogP contribution in [0.2, 0.25) is 0 Å². The van der Waals surface area contributed by atoms with E-state index in [4.69, 9.17) is 4.74 Å². The van der Waals surface area contributed by atoms with Crippen LogP contribution in [0.5, 0.6) is 5.75 Å². The zero-order valence-electron chi connectivity index (χ0n) is 15.0. The molecule has 1 amide bonds. The molecule has 1 N–H and O–H groups in total. The van der Waals surface area contributed by atoms with Crippen molar-refractivity contribution in [1.29, 1.82) is 0 Å². The Morgan fingerprint density at radius 1 is 1.24 bits per heavy atom. The van der Waals surface area contributed by atoms with E-state index in [1.54, 1.807) is 0 Å². The number of piperidine rings is 1. The van der Waals surface area contributed by atoms with E-state index in [0.29, 0.717) is 25.7 Å². The summed E-state index contributed by atoms with van der Waals surface area (Å²) in [6.45, 7) is 5.08. The van der Waals surface area contributed by atoms with Gasteiger partial charge in [-0.25, -0.2) is 0 Å². The predicted molar refractivity (Wildman–Crippen MR) is 98.8 cm³/mol. The molecule has 1 aromatic carbocycles. The molecule has 1 aromatic rings. The lowest BCUT2D eigenvalue weighted by molar-refractivity contribution is -0.118. The molecule has 2 fully saturated rings. The van der Waals surface area contributed by atoms with E-state index in [1.165, 1.54) is 37.9 Å². The minimum Gasteiger partial charge on any atom is -0.494 e. The van der Waals surface area contributed by atoms with Gasteiger partial charge in [-0.05, 0) is 43.6 Å². The quantitative estimate of drug-likeness (QED) is 0.767. The first-order valence-electron chi connectivity index (χ1n) is 9.20. The Hall–Kier alpha value is -2.08. The van der Waals surface area contributed by atoms with E-state index in [9.17, 15) is 4.79 Å². The molecule has 0 atom stereocenters. The molecule has 0 unspecified atom stereocenters. The minimum atomic E-state index is 0.00280. The molecular formula is C19H28N4O2. The van der Waals surface area contributed by atoms with Crippen LogP contribution < -0.4 is 10.1 Å². The Bertz CT molecular complexity index is 611. The van der Waals surface area contributed by atoms with Gasteiger partial charge in [0.2, 0.25) is 11.9 Å². The third-order valence-corrected chi connectivity index (χ3v) is 4.58. The van der Waals surface area contributed by atoms with Crippen LogP contribution in [0.25, 0.3) is 0 Å². The maximum atomic E-state index is 11.3. The summed E-state index contributed by atoms with van der Waals surface area (Å²) < 4.78 is 5.86. The van der Waals surface area contributed by atoms with Crippen LogP contribution in [0, 0.1) is 0 Å². The molecule has 6 nitrogen and oxygen atoms in total. The minimum absolute atomic E-state index is 0.00280. The Morgan fingerprint density at radius 3 is 2.84 bits per heavy atom. The highest BCUT2D eigenvalue weighted by atomic mass is 16.5. The van der Waals surface area contributed by atoms with Gasteiger partial charge in [0.25, 0.3) is 0 Å². The molecule has 136 valence electrons. The molecular weight excluding hydrogens is 316 g/mol. The SMILES string of the molecule is CN1CC(=O)NC1=NCCCOc1cccc(CN2CCCCC2)c1. The number of nitrogens with one attached hydrogen (secondary N) is 1. The van der Waals surface area contributed by atoms with Gasteiger partial charge in [-0.1, -0.05) is 18.6 Å². The van der Waals surface area contributed by atoms with Crippen LogP contribution in [-0.4, -0.2) is 61.5 Å². The van der Waals surface area contributed by atoms with Crippen LogP contribution in [0.4, 0.5) is 0 Å². The van der Waals surface area contributed by atoms with E-state index in [1.807, 2.05) is 18.0 Å². The number of carbonyl (C=O) groups is 1. The number of rotatable bonds is 7. The Kier molecular flexibility index (Phi) is 6.28. The lowest BCUT2D eigenvalue weighted by Gasteiger charge is -2.26. The molecule has 2 aliphatic rings. The molecule has 6 heteroatoms. The van der Waals surface area contributed by atoms with E-state index in [-0.39, 0.29) is 5.91 Å². The number of ether oxygens (including phenoxy) is 1. The highest BCUT2D eigenvalue weighted by Gasteiger charge is 2.20. The second kappa shape index (κ2) is 8.85. The third-order valence-electron chi connectivity index (χ3n) is 4.58. The summed E-state index contributed by atoms with van der Waals surface area (Å²) in [5.74, 6) is 1.59. The fourth-order valence-corrected chi connectivity index (χ4v) is 3.26. The fraction of sp³-hybridized carbons (Fsp3) is 0.579. The molecule has 3 rings (SSSR count). The first-order chi connectivity index (χ1) is 12.2. The van der Waals surface area contributed by atoms with Crippen LogP contribution in [0.3, 0.4) is 0 Å². The number of hydrogen-bond donors (Lipinski definition) is 1. The maximum Gasteiger partial charge on any atom is 0.246 e. The number of likely N-dealkylation sites (tertiary alicyclic amines) is 1. The number of hydrogen-bond acceptors (Lipinski definition) is 4. The molecule has 0 aliphatic carbocycles. The van der Waals surface area contributed by atoms with Crippen molar-refractivity contribution < 1.29 is 9.53 Å². The van der Waals surface area contributed by atoms with Gasteiger partial charge in [0, 0.05) is 26.6 Å². The molecule has 2 heterocycles. The van der Waals surface area contributed by atoms with Gasteiger partial charge >= 0.3 is 0 Å². The summed E-state index contributed by atoms with van der Waals surface area (Å²) >= 11 is 0. The second-order valence-electron chi connectivity index (χ2n) is 6.80. The third kappa shape index (κ3) is 5.46.